The third-order valence-electron chi connectivity index (χ3n) is 3.87. The van der Waals surface area contributed by atoms with Gasteiger partial charge in [-0.15, -0.1) is 0 Å². The lowest BCUT2D eigenvalue weighted by Crippen LogP contribution is -2.69. The predicted molar refractivity (Wildman–Crippen MR) is 95.9 cm³/mol. The molecule has 8 nitrogen and oxygen atoms in total. The van der Waals surface area contributed by atoms with Gasteiger partial charge >= 0.3 is 0 Å². The summed E-state index contributed by atoms with van der Waals surface area (Å²) in [6, 6.07) is 3.81. The van der Waals surface area contributed by atoms with Crippen molar-refractivity contribution in [2.45, 2.75) is 32.7 Å². The van der Waals surface area contributed by atoms with Gasteiger partial charge in [0.25, 0.3) is 0 Å². The second-order valence-corrected chi connectivity index (χ2v) is 7.26. The molecule has 1 amide bonds. The molecule has 1 aliphatic heterocycles. The predicted octanol–water partition coefficient (Wildman–Crippen LogP) is 1.90. The number of hydrogen-bond acceptors (Lipinski definition) is 8. The van der Waals surface area contributed by atoms with E-state index in [1.807, 2.05) is 32.9 Å². The van der Waals surface area contributed by atoms with Crippen LogP contribution in [-0.4, -0.2) is 38.9 Å². The summed E-state index contributed by atoms with van der Waals surface area (Å²) in [5, 5.41) is 15.6. The Kier molecular flexibility index (Phi) is 4.55. The molecule has 2 aromatic heterocycles. The minimum absolute atomic E-state index is 0.121. The molecule has 1 saturated heterocycles. The van der Waals surface area contributed by atoms with Crippen LogP contribution in [0.1, 0.15) is 24.6 Å². The van der Waals surface area contributed by atoms with E-state index in [0.717, 1.165) is 22.1 Å². The van der Waals surface area contributed by atoms with Gasteiger partial charge < -0.3 is 15.5 Å². The molecule has 0 aromatic carbocycles. The number of nitrogens with one attached hydrogen (secondary N) is 2. The van der Waals surface area contributed by atoms with Gasteiger partial charge in [-0.2, -0.15) is 14.6 Å². The molecule has 9 heteroatoms. The molecule has 0 aliphatic carbocycles. The van der Waals surface area contributed by atoms with Crippen molar-refractivity contribution in [3.8, 4) is 6.07 Å². The van der Waals surface area contributed by atoms with Crippen LogP contribution in [0.2, 0.25) is 0 Å². The van der Waals surface area contributed by atoms with E-state index in [0.29, 0.717) is 19.0 Å². The number of nitrogens with zero attached hydrogens (tertiary/aromatic N) is 5. The molecule has 0 atom stereocenters. The van der Waals surface area contributed by atoms with Crippen molar-refractivity contribution in [1.82, 2.24) is 19.7 Å². The summed E-state index contributed by atoms with van der Waals surface area (Å²) < 4.78 is 4.23. The Balaban J connectivity index is 1.68. The van der Waals surface area contributed by atoms with E-state index in [-0.39, 0.29) is 17.9 Å². The number of carbonyl (C=O) groups is 1. The summed E-state index contributed by atoms with van der Waals surface area (Å²) >= 11 is 1.37. The number of anilines is 3. The number of aryl methyl sites for hydroxylation is 2. The fourth-order valence-corrected chi connectivity index (χ4v) is 3.48. The lowest BCUT2D eigenvalue weighted by molar-refractivity contribution is -0.122. The van der Waals surface area contributed by atoms with Gasteiger partial charge in [-0.3, -0.25) is 4.79 Å². The Hall–Kier alpha value is -2.73. The van der Waals surface area contributed by atoms with Crippen LogP contribution in [0.4, 0.5) is 16.8 Å². The SMILES string of the molecule is Cc1cc(Nc2ncc(C)c(N3CC(C)(NC(=O)CC#N)C3)n2)sn1. The molecule has 3 heterocycles. The minimum atomic E-state index is -0.340. The molecular formula is C16H19N7OS. The zero-order valence-corrected chi connectivity index (χ0v) is 15.1. The topological polar surface area (TPSA) is 107 Å². The van der Waals surface area contributed by atoms with E-state index in [2.05, 4.69) is 29.9 Å². The van der Waals surface area contributed by atoms with Gasteiger partial charge in [0.2, 0.25) is 11.9 Å². The van der Waals surface area contributed by atoms with Crippen molar-refractivity contribution < 1.29 is 4.79 Å². The third-order valence-corrected chi connectivity index (χ3v) is 4.66. The van der Waals surface area contributed by atoms with E-state index in [1.54, 1.807) is 6.20 Å². The van der Waals surface area contributed by atoms with E-state index < -0.39 is 0 Å². The number of rotatable bonds is 5. The fourth-order valence-electron chi connectivity index (χ4n) is 2.82. The quantitative estimate of drug-likeness (QED) is 0.841. The van der Waals surface area contributed by atoms with E-state index >= 15 is 0 Å². The standard InChI is InChI=1S/C16H19N7OS/c1-10-7-18-15(19-13-6-11(2)22-25-13)20-14(10)23-8-16(3,9-23)21-12(24)4-5-17/h6-7H,4,8-9H2,1-3H3,(H,21,24)(H,18,19,20). The van der Waals surface area contributed by atoms with Crippen molar-refractivity contribution in [2.75, 3.05) is 23.3 Å². The summed E-state index contributed by atoms with van der Waals surface area (Å²) in [7, 11) is 0. The first-order valence-electron chi connectivity index (χ1n) is 7.85. The van der Waals surface area contributed by atoms with Gasteiger partial charge in [-0.1, -0.05) is 0 Å². The van der Waals surface area contributed by atoms with Crippen LogP contribution in [-0.2, 0) is 4.79 Å². The molecular weight excluding hydrogens is 338 g/mol. The van der Waals surface area contributed by atoms with E-state index in [9.17, 15) is 4.79 Å². The number of amides is 1. The molecule has 2 N–H and O–H groups in total. The minimum Gasteiger partial charge on any atom is -0.351 e. The highest BCUT2D eigenvalue weighted by molar-refractivity contribution is 7.10. The molecule has 1 fully saturated rings. The average molecular weight is 357 g/mol. The normalized spacial score (nSPS) is 15.2. The van der Waals surface area contributed by atoms with Gasteiger partial charge in [0.05, 0.1) is 17.3 Å². The fraction of sp³-hybridized carbons (Fsp3) is 0.438. The largest absolute Gasteiger partial charge is 0.351 e. The van der Waals surface area contributed by atoms with Gasteiger partial charge in [0, 0.05) is 24.8 Å². The van der Waals surface area contributed by atoms with Gasteiger partial charge in [-0.05, 0) is 38.4 Å². The number of nitriles is 1. The maximum absolute atomic E-state index is 11.6. The maximum atomic E-state index is 11.6. The highest BCUT2D eigenvalue weighted by Crippen LogP contribution is 2.29. The van der Waals surface area contributed by atoms with Crippen molar-refractivity contribution in [3.63, 3.8) is 0 Å². The van der Waals surface area contributed by atoms with Crippen molar-refractivity contribution in [3.05, 3.63) is 23.5 Å². The first kappa shape index (κ1) is 17.1. The molecule has 25 heavy (non-hydrogen) atoms. The van der Waals surface area contributed by atoms with Gasteiger partial charge in [0.15, 0.2) is 0 Å². The summed E-state index contributed by atoms with van der Waals surface area (Å²) in [6.07, 6.45) is 1.66. The monoisotopic (exact) mass is 357 g/mol. The second-order valence-electron chi connectivity index (χ2n) is 6.46. The van der Waals surface area contributed by atoms with Crippen LogP contribution >= 0.6 is 11.5 Å². The van der Waals surface area contributed by atoms with E-state index in [1.165, 1.54) is 11.5 Å². The van der Waals surface area contributed by atoms with Gasteiger partial charge in [0.1, 0.15) is 17.2 Å². The lowest BCUT2D eigenvalue weighted by Gasteiger charge is -2.49. The third kappa shape index (κ3) is 3.85. The van der Waals surface area contributed by atoms with E-state index in [4.69, 9.17) is 5.26 Å². The van der Waals surface area contributed by atoms with Crippen LogP contribution in [0.3, 0.4) is 0 Å². The zero-order valence-electron chi connectivity index (χ0n) is 14.3. The summed E-state index contributed by atoms with van der Waals surface area (Å²) in [5.41, 5.74) is 1.58. The molecule has 0 saturated carbocycles. The molecule has 2 aromatic rings. The molecule has 1 aliphatic rings. The van der Waals surface area contributed by atoms with Crippen molar-refractivity contribution >= 4 is 34.2 Å². The first-order valence-corrected chi connectivity index (χ1v) is 8.63. The van der Waals surface area contributed by atoms with Crippen molar-refractivity contribution in [2.24, 2.45) is 0 Å². The summed E-state index contributed by atoms with van der Waals surface area (Å²) in [6.45, 7) is 7.14. The number of hydrogen-bond donors (Lipinski definition) is 2. The highest BCUT2D eigenvalue weighted by atomic mass is 32.1. The first-order chi connectivity index (χ1) is 11.9. The molecule has 0 spiro atoms. The Labute approximate surface area is 150 Å². The highest BCUT2D eigenvalue weighted by Gasteiger charge is 2.41. The van der Waals surface area contributed by atoms with Crippen molar-refractivity contribution in [1.29, 1.82) is 5.26 Å². The summed E-state index contributed by atoms with van der Waals surface area (Å²) in [5.74, 6) is 1.11. The Bertz CT molecular complexity index is 835. The Morgan fingerprint density at radius 3 is 2.88 bits per heavy atom. The van der Waals surface area contributed by atoms with Crippen LogP contribution in [0, 0.1) is 25.2 Å². The average Bonchev–Trinajstić information content (AvgIpc) is 2.92. The van der Waals surface area contributed by atoms with Crippen LogP contribution < -0.4 is 15.5 Å². The molecule has 3 rings (SSSR count). The van der Waals surface area contributed by atoms with Crippen LogP contribution in [0.5, 0.6) is 0 Å². The number of carbonyl (C=O) groups excluding carboxylic acids is 1. The molecule has 130 valence electrons. The lowest BCUT2D eigenvalue weighted by atomic mass is 9.91. The van der Waals surface area contributed by atoms with Crippen LogP contribution in [0.15, 0.2) is 12.3 Å². The smallest absolute Gasteiger partial charge is 0.234 e. The zero-order chi connectivity index (χ0) is 18.0. The molecule has 0 unspecified atom stereocenters. The Morgan fingerprint density at radius 1 is 1.48 bits per heavy atom. The number of aromatic nitrogens is 3. The maximum Gasteiger partial charge on any atom is 0.234 e. The second kappa shape index (κ2) is 6.64. The molecule has 0 radical (unpaired) electrons. The summed E-state index contributed by atoms with van der Waals surface area (Å²) in [4.78, 5) is 22.6. The van der Waals surface area contributed by atoms with Crippen LogP contribution in [0.25, 0.3) is 0 Å². The van der Waals surface area contributed by atoms with Gasteiger partial charge in [-0.25, -0.2) is 4.98 Å². The molecule has 0 bridgehead atoms. The Morgan fingerprint density at radius 2 is 2.24 bits per heavy atom.